The highest BCUT2D eigenvalue weighted by atomic mass is 32.1. The molecule has 0 fully saturated rings. The summed E-state index contributed by atoms with van der Waals surface area (Å²) in [6, 6.07) is 7.38. The van der Waals surface area contributed by atoms with Gasteiger partial charge in [0.1, 0.15) is 0 Å². The van der Waals surface area contributed by atoms with Crippen LogP contribution in [-0.2, 0) is 0 Å². The fourth-order valence-electron chi connectivity index (χ4n) is 4.18. The number of unbranched alkanes of at least 4 members (excludes halogenated alkanes) is 1. The van der Waals surface area contributed by atoms with Crippen molar-refractivity contribution in [2.24, 2.45) is 0 Å². The van der Waals surface area contributed by atoms with Crippen molar-refractivity contribution in [2.75, 3.05) is 26.2 Å². The summed E-state index contributed by atoms with van der Waals surface area (Å²) < 4.78 is 0. The standard InChI is InChI=1S/C31H50N2OS/c1-6-23-33(24-7-2)25-11-10-14-26(3)15-12-16-27(4)17-13-18-28(5)21-22-32-31(34)29-19-8-9-20-30(29)35/h8-9,15,17,19-21,35H,6-7,10-14,16,18,22-25H2,1-5H3,(H,32,34). The Kier molecular flexibility index (Phi) is 17.3. The van der Waals surface area contributed by atoms with Crippen LogP contribution in [-0.4, -0.2) is 37.0 Å². The summed E-state index contributed by atoms with van der Waals surface area (Å²) in [5.41, 5.74) is 4.93. The molecule has 0 radical (unpaired) electrons. The monoisotopic (exact) mass is 498 g/mol. The van der Waals surface area contributed by atoms with Gasteiger partial charge in [-0.25, -0.2) is 0 Å². The lowest BCUT2D eigenvalue weighted by atomic mass is 10.0. The number of thiol groups is 1. The van der Waals surface area contributed by atoms with Crippen LogP contribution < -0.4 is 5.32 Å². The first-order valence-corrected chi connectivity index (χ1v) is 14.1. The Hall–Kier alpha value is -1.78. The van der Waals surface area contributed by atoms with Crippen molar-refractivity contribution in [3.05, 3.63) is 64.8 Å². The summed E-state index contributed by atoms with van der Waals surface area (Å²) in [7, 11) is 0. The van der Waals surface area contributed by atoms with Crippen molar-refractivity contribution >= 4 is 18.5 Å². The molecule has 0 aliphatic carbocycles. The first-order chi connectivity index (χ1) is 16.9. The lowest BCUT2D eigenvalue weighted by molar-refractivity contribution is 0.0955. The van der Waals surface area contributed by atoms with E-state index in [1.165, 1.54) is 68.5 Å². The number of hydrogen-bond donors (Lipinski definition) is 2. The van der Waals surface area contributed by atoms with E-state index in [-0.39, 0.29) is 5.91 Å². The molecule has 4 heteroatoms. The van der Waals surface area contributed by atoms with Gasteiger partial charge in [-0.3, -0.25) is 4.79 Å². The minimum atomic E-state index is -0.0753. The molecule has 0 atom stereocenters. The maximum atomic E-state index is 12.2. The van der Waals surface area contributed by atoms with Gasteiger partial charge in [0.2, 0.25) is 0 Å². The predicted octanol–water partition coefficient (Wildman–Crippen LogP) is 8.40. The second-order valence-electron chi connectivity index (χ2n) is 9.75. The number of nitrogens with one attached hydrogen (secondary N) is 1. The SMILES string of the molecule is CCCN(CCC)CCCCC(C)=CCCC(C)=CCCC(C)=CCNC(=O)c1ccccc1S. The van der Waals surface area contributed by atoms with E-state index in [4.69, 9.17) is 0 Å². The minimum absolute atomic E-state index is 0.0753. The maximum absolute atomic E-state index is 12.2. The summed E-state index contributed by atoms with van der Waals surface area (Å²) in [6.07, 6.45) is 17.6. The molecule has 0 saturated carbocycles. The van der Waals surface area contributed by atoms with Crippen molar-refractivity contribution in [1.82, 2.24) is 10.2 Å². The largest absolute Gasteiger partial charge is 0.349 e. The third-order valence-electron chi connectivity index (χ3n) is 6.30. The third kappa shape index (κ3) is 15.0. The van der Waals surface area contributed by atoms with Crippen LogP contribution in [0.5, 0.6) is 0 Å². The van der Waals surface area contributed by atoms with E-state index in [1.54, 1.807) is 6.07 Å². The molecule has 0 unspecified atom stereocenters. The molecule has 1 amide bonds. The van der Waals surface area contributed by atoms with Crippen molar-refractivity contribution in [3.63, 3.8) is 0 Å². The fraction of sp³-hybridized carbons (Fsp3) is 0.581. The van der Waals surface area contributed by atoms with Gasteiger partial charge >= 0.3 is 0 Å². The Balaban J connectivity index is 2.22. The molecule has 196 valence electrons. The number of benzene rings is 1. The summed E-state index contributed by atoms with van der Waals surface area (Å²) in [5, 5.41) is 2.95. The van der Waals surface area contributed by atoms with Crippen LogP contribution in [0.2, 0.25) is 0 Å². The van der Waals surface area contributed by atoms with Crippen LogP contribution in [0.4, 0.5) is 0 Å². The second kappa shape index (κ2) is 19.4. The van der Waals surface area contributed by atoms with Crippen LogP contribution in [0.15, 0.2) is 64.1 Å². The first-order valence-electron chi connectivity index (χ1n) is 13.6. The molecule has 35 heavy (non-hydrogen) atoms. The fourth-order valence-corrected chi connectivity index (χ4v) is 4.45. The van der Waals surface area contributed by atoms with Gasteiger partial charge in [-0.1, -0.05) is 60.9 Å². The Morgan fingerprint density at radius 1 is 0.829 bits per heavy atom. The first kappa shape index (κ1) is 31.3. The Bertz CT molecular complexity index is 819. The predicted molar refractivity (Wildman–Crippen MR) is 157 cm³/mol. The third-order valence-corrected chi connectivity index (χ3v) is 6.69. The van der Waals surface area contributed by atoms with Crippen molar-refractivity contribution in [2.45, 2.75) is 97.3 Å². The molecule has 1 N–H and O–H groups in total. The van der Waals surface area contributed by atoms with Gasteiger partial charge < -0.3 is 10.2 Å². The number of hydrogen-bond acceptors (Lipinski definition) is 3. The average molecular weight is 499 g/mol. The van der Waals surface area contributed by atoms with Gasteiger partial charge in [-0.2, -0.15) is 0 Å². The molecule has 0 spiro atoms. The van der Waals surface area contributed by atoms with E-state index in [9.17, 15) is 4.79 Å². The van der Waals surface area contributed by atoms with Crippen LogP contribution in [0.3, 0.4) is 0 Å². The van der Waals surface area contributed by atoms with Gasteiger partial charge in [0.25, 0.3) is 5.91 Å². The molecule has 1 rings (SSSR count). The molecule has 0 aromatic heterocycles. The van der Waals surface area contributed by atoms with Crippen molar-refractivity contribution in [3.8, 4) is 0 Å². The zero-order chi connectivity index (χ0) is 25.9. The zero-order valence-electron chi connectivity index (χ0n) is 23.0. The molecule has 0 aliphatic rings. The molecule has 1 aromatic carbocycles. The average Bonchev–Trinajstić information content (AvgIpc) is 2.82. The van der Waals surface area contributed by atoms with Crippen molar-refractivity contribution < 1.29 is 4.79 Å². The molecule has 0 aliphatic heterocycles. The lowest BCUT2D eigenvalue weighted by Crippen LogP contribution is -2.26. The van der Waals surface area contributed by atoms with Crippen LogP contribution in [0.25, 0.3) is 0 Å². The quantitative estimate of drug-likeness (QED) is 0.121. The number of allylic oxidation sites excluding steroid dienone is 5. The normalized spacial score (nSPS) is 12.9. The highest BCUT2D eigenvalue weighted by Crippen LogP contribution is 2.15. The van der Waals surface area contributed by atoms with Crippen molar-refractivity contribution in [1.29, 1.82) is 0 Å². The number of rotatable bonds is 18. The molecule has 1 aromatic rings. The summed E-state index contributed by atoms with van der Waals surface area (Å²) in [6.45, 7) is 15.5. The Morgan fingerprint density at radius 3 is 2.00 bits per heavy atom. The van der Waals surface area contributed by atoms with Gasteiger partial charge in [-0.05, 0) is 110 Å². The van der Waals surface area contributed by atoms with E-state index in [0.29, 0.717) is 17.0 Å². The summed E-state index contributed by atoms with van der Waals surface area (Å²) in [4.78, 5) is 15.6. The molecule has 0 heterocycles. The van der Waals surface area contributed by atoms with Gasteiger partial charge in [-0.15, -0.1) is 12.6 Å². The van der Waals surface area contributed by atoms with E-state index >= 15 is 0 Å². The highest BCUT2D eigenvalue weighted by Gasteiger charge is 2.07. The van der Waals surface area contributed by atoms with E-state index in [1.807, 2.05) is 18.2 Å². The van der Waals surface area contributed by atoms with Crippen LogP contribution >= 0.6 is 12.6 Å². The lowest BCUT2D eigenvalue weighted by Gasteiger charge is -2.20. The van der Waals surface area contributed by atoms with Crippen LogP contribution in [0, 0.1) is 0 Å². The van der Waals surface area contributed by atoms with Gasteiger partial charge in [0.15, 0.2) is 0 Å². The smallest absolute Gasteiger partial charge is 0.252 e. The number of carbonyl (C=O) groups excluding carboxylic acids is 1. The second-order valence-corrected chi connectivity index (χ2v) is 10.2. The molecule has 3 nitrogen and oxygen atoms in total. The summed E-state index contributed by atoms with van der Waals surface area (Å²) in [5.74, 6) is -0.0753. The summed E-state index contributed by atoms with van der Waals surface area (Å²) >= 11 is 4.35. The van der Waals surface area contributed by atoms with Gasteiger partial charge in [0.05, 0.1) is 5.56 Å². The molecular weight excluding hydrogens is 448 g/mol. The van der Waals surface area contributed by atoms with Crippen LogP contribution in [0.1, 0.15) is 103 Å². The minimum Gasteiger partial charge on any atom is -0.349 e. The number of nitrogens with zero attached hydrogens (tertiary/aromatic N) is 1. The Morgan fingerprint density at radius 2 is 1.40 bits per heavy atom. The maximum Gasteiger partial charge on any atom is 0.252 e. The molecule has 0 bridgehead atoms. The molecule has 0 saturated heterocycles. The highest BCUT2D eigenvalue weighted by molar-refractivity contribution is 7.80. The number of amides is 1. The Labute approximate surface area is 221 Å². The van der Waals surface area contributed by atoms with E-state index in [2.05, 4.69) is 75.7 Å². The number of carbonyl (C=O) groups is 1. The zero-order valence-corrected chi connectivity index (χ0v) is 23.9. The topological polar surface area (TPSA) is 32.3 Å². The van der Waals surface area contributed by atoms with E-state index < -0.39 is 0 Å². The van der Waals surface area contributed by atoms with Gasteiger partial charge in [0, 0.05) is 11.4 Å². The van der Waals surface area contributed by atoms with E-state index in [0.717, 1.165) is 25.7 Å². The molecular formula is C31H50N2OS.